The third kappa shape index (κ3) is 3.28. The second-order valence-electron chi connectivity index (χ2n) is 5.23. The van der Waals surface area contributed by atoms with Crippen molar-refractivity contribution in [3.05, 3.63) is 29.6 Å². The van der Waals surface area contributed by atoms with Crippen LogP contribution in [0.1, 0.15) is 31.2 Å². The lowest BCUT2D eigenvalue weighted by molar-refractivity contribution is 0.452. The van der Waals surface area contributed by atoms with Gasteiger partial charge in [-0.3, -0.25) is 0 Å². The van der Waals surface area contributed by atoms with E-state index in [4.69, 9.17) is 5.26 Å². The van der Waals surface area contributed by atoms with E-state index in [1.54, 1.807) is 6.07 Å². The van der Waals surface area contributed by atoms with Crippen LogP contribution in [0.3, 0.4) is 0 Å². The number of hydrogen-bond donors (Lipinski definition) is 1. The summed E-state index contributed by atoms with van der Waals surface area (Å²) in [6, 6.07) is 6.22. The van der Waals surface area contributed by atoms with E-state index in [1.165, 1.54) is 18.4 Å². The molecule has 0 amide bonds. The Morgan fingerprint density at radius 2 is 2.15 bits per heavy atom. The molecule has 0 radical (unpaired) electrons. The molecule has 6 heteroatoms. The zero-order valence-corrected chi connectivity index (χ0v) is 12.1. The van der Waals surface area contributed by atoms with Crippen molar-refractivity contribution in [1.82, 2.24) is 0 Å². The molecule has 1 aromatic carbocycles. The van der Waals surface area contributed by atoms with Gasteiger partial charge < -0.3 is 5.32 Å². The van der Waals surface area contributed by atoms with Crippen LogP contribution in [-0.2, 0) is 9.84 Å². The van der Waals surface area contributed by atoms with Crippen molar-refractivity contribution in [3.63, 3.8) is 0 Å². The lowest BCUT2D eigenvalue weighted by atomic mass is 9.94. The predicted octanol–water partition coefficient (Wildman–Crippen LogP) is 2.47. The Hall–Kier alpha value is -1.61. The van der Waals surface area contributed by atoms with Crippen LogP contribution in [-0.4, -0.2) is 26.0 Å². The first-order valence-electron chi connectivity index (χ1n) is 6.56. The molecule has 1 aliphatic rings. The largest absolute Gasteiger partial charge is 0.381 e. The van der Waals surface area contributed by atoms with E-state index < -0.39 is 15.7 Å². The number of halogens is 1. The van der Waals surface area contributed by atoms with Gasteiger partial charge in [0.25, 0.3) is 0 Å². The minimum absolute atomic E-state index is 0.0195. The third-order valence-electron chi connectivity index (χ3n) is 3.72. The van der Waals surface area contributed by atoms with Gasteiger partial charge in [-0.05, 0) is 31.4 Å². The number of hydrogen-bond acceptors (Lipinski definition) is 4. The number of rotatable bonds is 3. The van der Waals surface area contributed by atoms with E-state index in [0.717, 1.165) is 12.8 Å². The van der Waals surface area contributed by atoms with Gasteiger partial charge in [0.15, 0.2) is 0 Å². The highest BCUT2D eigenvalue weighted by Gasteiger charge is 2.29. The molecule has 2 atom stereocenters. The molecule has 0 aliphatic heterocycles. The van der Waals surface area contributed by atoms with Crippen molar-refractivity contribution in [2.75, 3.05) is 11.6 Å². The van der Waals surface area contributed by atoms with Crippen LogP contribution in [0.15, 0.2) is 18.2 Å². The molecule has 1 aromatic rings. The topological polar surface area (TPSA) is 70.0 Å². The highest BCUT2D eigenvalue weighted by molar-refractivity contribution is 7.91. The zero-order chi connectivity index (χ0) is 14.8. The number of nitrogens with zero attached hydrogens (tertiary/aromatic N) is 1. The van der Waals surface area contributed by atoms with Crippen LogP contribution in [0.25, 0.3) is 0 Å². The lowest BCUT2D eigenvalue weighted by Crippen LogP contribution is -2.34. The van der Waals surface area contributed by atoms with Gasteiger partial charge in [0.05, 0.1) is 10.9 Å². The number of anilines is 1. The number of nitriles is 1. The normalized spacial score (nSPS) is 23.1. The monoisotopic (exact) mass is 296 g/mol. The smallest absolute Gasteiger partial charge is 0.150 e. The van der Waals surface area contributed by atoms with Crippen molar-refractivity contribution in [2.24, 2.45) is 0 Å². The molecule has 2 rings (SSSR count). The number of nitrogens with one attached hydrogen (secondary N) is 1. The Kier molecular flexibility index (Phi) is 4.29. The van der Waals surface area contributed by atoms with Crippen LogP contribution in [0.4, 0.5) is 10.1 Å². The minimum atomic E-state index is -3.05. The van der Waals surface area contributed by atoms with Gasteiger partial charge in [-0.2, -0.15) is 5.26 Å². The molecular formula is C14H17FN2O2S. The van der Waals surface area contributed by atoms with Gasteiger partial charge in [-0.15, -0.1) is 0 Å². The van der Waals surface area contributed by atoms with Crippen molar-refractivity contribution in [1.29, 1.82) is 5.26 Å². The third-order valence-corrected chi connectivity index (χ3v) is 5.36. The molecule has 0 saturated heterocycles. The first-order chi connectivity index (χ1) is 9.41. The maximum Gasteiger partial charge on any atom is 0.150 e. The van der Waals surface area contributed by atoms with Gasteiger partial charge in [0, 0.05) is 12.3 Å². The Bertz CT molecular complexity index is 637. The second-order valence-corrected chi connectivity index (χ2v) is 7.56. The quantitative estimate of drug-likeness (QED) is 0.930. The first-order valence-corrected chi connectivity index (χ1v) is 8.51. The van der Waals surface area contributed by atoms with Gasteiger partial charge in [0.2, 0.25) is 0 Å². The lowest BCUT2D eigenvalue weighted by Gasteiger charge is -2.29. The fourth-order valence-electron chi connectivity index (χ4n) is 2.64. The van der Waals surface area contributed by atoms with Crippen molar-refractivity contribution < 1.29 is 12.8 Å². The molecule has 0 aromatic heterocycles. The summed E-state index contributed by atoms with van der Waals surface area (Å²) in [4.78, 5) is 0. The Morgan fingerprint density at radius 3 is 2.80 bits per heavy atom. The standard InChI is InChI=1S/C14H17FN2O2S/c1-20(18,19)11-5-2-4-10(8-11)17-14-7-3-6-13(15)12(14)9-16/h3,6-7,10-11,17H,2,4-5,8H2,1H3/t10-,11-/m0/s1. The van der Waals surface area contributed by atoms with E-state index in [2.05, 4.69) is 5.32 Å². The van der Waals surface area contributed by atoms with Gasteiger partial charge in [0.1, 0.15) is 27.3 Å². The van der Waals surface area contributed by atoms with E-state index in [1.807, 2.05) is 6.07 Å². The van der Waals surface area contributed by atoms with Crippen molar-refractivity contribution in [3.8, 4) is 6.07 Å². The van der Waals surface area contributed by atoms with Crippen molar-refractivity contribution >= 4 is 15.5 Å². The minimum Gasteiger partial charge on any atom is -0.381 e. The molecule has 0 bridgehead atoms. The van der Waals surface area contributed by atoms with E-state index >= 15 is 0 Å². The summed E-state index contributed by atoms with van der Waals surface area (Å²) in [6.07, 6.45) is 4.06. The van der Waals surface area contributed by atoms with E-state index in [-0.39, 0.29) is 16.9 Å². The molecular weight excluding hydrogens is 279 g/mol. The zero-order valence-electron chi connectivity index (χ0n) is 11.3. The van der Waals surface area contributed by atoms with Gasteiger partial charge in [-0.1, -0.05) is 12.5 Å². The molecule has 1 N–H and O–H groups in total. The average molecular weight is 296 g/mol. The van der Waals surface area contributed by atoms with Crippen LogP contribution in [0, 0.1) is 17.1 Å². The van der Waals surface area contributed by atoms with Crippen molar-refractivity contribution in [2.45, 2.75) is 37.0 Å². The van der Waals surface area contributed by atoms with E-state index in [0.29, 0.717) is 18.5 Å². The van der Waals surface area contributed by atoms with Gasteiger partial charge in [-0.25, -0.2) is 12.8 Å². The molecule has 0 unspecified atom stereocenters. The molecule has 108 valence electrons. The number of benzene rings is 1. The summed E-state index contributed by atoms with van der Waals surface area (Å²) in [5.41, 5.74) is 0.417. The molecule has 0 spiro atoms. The van der Waals surface area contributed by atoms with E-state index in [9.17, 15) is 12.8 Å². The molecule has 1 saturated carbocycles. The predicted molar refractivity (Wildman–Crippen MR) is 75.6 cm³/mol. The SMILES string of the molecule is CS(=O)(=O)[C@H]1CCC[C@H](Nc2cccc(F)c2C#N)C1. The second kappa shape index (κ2) is 5.80. The Morgan fingerprint density at radius 1 is 1.40 bits per heavy atom. The van der Waals surface area contributed by atoms with Crippen LogP contribution < -0.4 is 5.32 Å². The summed E-state index contributed by atoms with van der Waals surface area (Å²) in [7, 11) is -3.05. The van der Waals surface area contributed by atoms with Crippen LogP contribution >= 0.6 is 0 Å². The molecule has 20 heavy (non-hydrogen) atoms. The average Bonchev–Trinajstić information content (AvgIpc) is 2.38. The maximum absolute atomic E-state index is 13.5. The summed E-state index contributed by atoms with van der Waals surface area (Å²) < 4.78 is 36.8. The summed E-state index contributed by atoms with van der Waals surface area (Å²) in [6.45, 7) is 0. The molecule has 4 nitrogen and oxygen atoms in total. The van der Waals surface area contributed by atoms with Crippen LogP contribution in [0.2, 0.25) is 0 Å². The fraction of sp³-hybridized carbons (Fsp3) is 0.500. The summed E-state index contributed by atoms with van der Waals surface area (Å²) in [5.74, 6) is -0.562. The highest BCUT2D eigenvalue weighted by atomic mass is 32.2. The molecule has 1 fully saturated rings. The highest BCUT2D eigenvalue weighted by Crippen LogP contribution is 2.28. The fourth-order valence-corrected chi connectivity index (χ4v) is 3.82. The maximum atomic E-state index is 13.5. The Balaban J connectivity index is 2.15. The summed E-state index contributed by atoms with van der Waals surface area (Å²) in [5, 5.41) is 11.7. The summed E-state index contributed by atoms with van der Waals surface area (Å²) >= 11 is 0. The first kappa shape index (κ1) is 14.8. The molecule has 0 heterocycles. The van der Waals surface area contributed by atoms with Gasteiger partial charge >= 0.3 is 0 Å². The van der Waals surface area contributed by atoms with Crippen LogP contribution in [0.5, 0.6) is 0 Å². The number of sulfone groups is 1. The molecule has 1 aliphatic carbocycles. The Labute approximate surface area is 118 Å².